The summed E-state index contributed by atoms with van der Waals surface area (Å²) in [5, 5.41) is 0. The molecule has 0 radical (unpaired) electrons. The number of nitrogens with zero attached hydrogens (tertiary/aromatic N) is 1. The molecule has 0 unspecified atom stereocenters. The first kappa shape index (κ1) is 20.3. The lowest BCUT2D eigenvalue weighted by atomic mass is 10.1. The molecule has 2 aromatic rings. The van der Waals surface area contributed by atoms with Crippen molar-refractivity contribution >= 4 is 15.9 Å². The zero-order valence-corrected chi connectivity index (χ0v) is 15.8. The number of alkyl halides is 3. The second-order valence-corrected chi connectivity index (χ2v) is 8.48. The molecule has 1 fully saturated rings. The summed E-state index contributed by atoms with van der Waals surface area (Å²) in [6, 6.07) is 10.4. The van der Waals surface area contributed by atoms with Gasteiger partial charge in [0.25, 0.3) is 5.91 Å². The Morgan fingerprint density at radius 1 is 1.14 bits per heavy atom. The minimum Gasteiger partial charge on any atom is -0.331 e. The number of hydrogen-bond acceptors (Lipinski definition) is 3. The van der Waals surface area contributed by atoms with E-state index in [0.29, 0.717) is 5.56 Å². The van der Waals surface area contributed by atoms with Gasteiger partial charge in [-0.2, -0.15) is 13.2 Å². The Bertz CT molecular complexity index is 969. The first-order chi connectivity index (χ1) is 13.1. The molecule has 2 aromatic carbocycles. The minimum absolute atomic E-state index is 0.000596. The van der Waals surface area contributed by atoms with Crippen LogP contribution in [0.5, 0.6) is 0 Å². The van der Waals surface area contributed by atoms with Crippen molar-refractivity contribution in [2.45, 2.75) is 36.5 Å². The summed E-state index contributed by atoms with van der Waals surface area (Å²) in [6.45, 7) is 0.157. The summed E-state index contributed by atoms with van der Waals surface area (Å²) in [4.78, 5) is 14.5. The maximum Gasteiger partial charge on any atom is 0.416 e. The van der Waals surface area contributed by atoms with E-state index < -0.39 is 21.8 Å². The molecule has 0 atom stereocenters. The lowest BCUT2D eigenvalue weighted by Crippen LogP contribution is -2.32. The predicted molar refractivity (Wildman–Crippen MR) is 97.0 cm³/mol. The molecule has 5 nitrogen and oxygen atoms in total. The van der Waals surface area contributed by atoms with Gasteiger partial charge in [0.15, 0.2) is 0 Å². The van der Waals surface area contributed by atoms with Crippen molar-refractivity contribution in [2.75, 3.05) is 7.05 Å². The molecule has 150 valence electrons. The Kier molecular flexibility index (Phi) is 5.49. The predicted octanol–water partition coefficient (Wildman–Crippen LogP) is 3.42. The van der Waals surface area contributed by atoms with Crippen molar-refractivity contribution in [2.24, 2.45) is 0 Å². The number of amides is 1. The first-order valence-electron chi connectivity index (χ1n) is 8.62. The van der Waals surface area contributed by atoms with Crippen LogP contribution < -0.4 is 4.72 Å². The molecule has 9 heteroatoms. The maximum atomic E-state index is 13.0. The third-order valence-corrected chi connectivity index (χ3v) is 5.95. The smallest absolute Gasteiger partial charge is 0.331 e. The topological polar surface area (TPSA) is 66.5 Å². The van der Waals surface area contributed by atoms with E-state index in [4.69, 9.17) is 0 Å². The van der Waals surface area contributed by atoms with Gasteiger partial charge in [0, 0.05) is 18.2 Å². The van der Waals surface area contributed by atoms with E-state index in [1.165, 1.54) is 43.4 Å². The number of sulfonamides is 1. The number of nitrogens with one attached hydrogen (secondary N) is 1. The van der Waals surface area contributed by atoms with Gasteiger partial charge in [-0.1, -0.05) is 18.2 Å². The van der Waals surface area contributed by atoms with Crippen molar-refractivity contribution in [3.63, 3.8) is 0 Å². The Morgan fingerprint density at radius 2 is 1.79 bits per heavy atom. The fourth-order valence-electron chi connectivity index (χ4n) is 2.83. The van der Waals surface area contributed by atoms with Gasteiger partial charge in [-0.3, -0.25) is 4.79 Å². The maximum absolute atomic E-state index is 13.0. The molecule has 0 saturated heterocycles. The van der Waals surface area contributed by atoms with Gasteiger partial charge in [-0.15, -0.1) is 0 Å². The third-order valence-electron chi connectivity index (χ3n) is 4.54. The quantitative estimate of drug-likeness (QED) is 0.791. The molecule has 0 aromatic heterocycles. The molecule has 0 heterocycles. The molecule has 0 aliphatic heterocycles. The van der Waals surface area contributed by atoms with Gasteiger partial charge in [0.2, 0.25) is 10.0 Å². The number of rotatable bonds is 6. The second-order valence-electron chi connectivity index (χ2n) is 6.59. The molecule has 1 N–H and O–H groups in total. The summed E-state index contributed by atoms with van der Waals surface area (Å²) in [5.74, 6) is -0.351. The van der Waals surface area contributed by atoms with Crippen LogP contribution in [0.25, 0.3) is 0 Å². The van der Waals surface area contributed by atoms with Gasteiger partial charge < -0.3 is 4.90 Å². The van der Waals surface area contributed by atoms with E-state index in [0.717, 1.165) is 25.0 Å². The number of benzene rings is 2. The van der Waals surface area contributed by atoms with E-state index in [1.54, 1.807) is 4.90 Å². The lowest BCUT2D eigenvalue weighted by Gasteiger charge is -2.23. The average molecular weight is 412 g/mol. The number of halogens is 3. The van der Waals surface area contributed by atoms with Crippen molar-refractivity contribution in [3.05, 3.63) is 65.2 Å². The number of carbonyl (C=O) groups excluding carboxylic acids is 1. The lowest BCUT2D eigenvalue weighted by molar-refractivity contribution is -0.137. The molecule has 1 aliphatic rings. The summed E-state index contributed by atoms with van der Waals surface area (Å²) >= 11 is 0. The molecule has 1 amide bonds. The van der Waals surface area contributed by atoms with E-state index in [2.05, 4.69) is 4.72 Å². The normalized spacial score (nSPS) is 14.7. The van der Waals surface area contributed by atoms with Crippen LogP contribution in [-0.4, -0.2) is 32.3 Å². The summed E-state index contributed by atoms with van der Waals surface area (Å²) in [5.41, 5.74) is 0.0490. The molecule has 3 rings (SSSR count). The zero-order valence-electron chi connectivity index (χ0n) is 15.0. The highest BCUT2D eigenvalue weighted by atomic mass is 32.2. The summed E-state index contributed by atoms with van der Waals surface area (Å²) < 4.78 is 64.3. The zero-order chi connectivity index (χ0) is 20.5. The van der Waals surface area contributed by atoms with Crippen molar-refractivity contribution in [1.29, 1.82) is 0 Å². The summed E-state index contributed by atoms with van der Waals surface area (Å²) in [7, 11) is -2.41. The monoisotopic (exact) mass is 412 g/mol. The number of carbonyl (C=O) groups is 1. The minimum atomic E-state index is -4.41. The van der Waals surface area contributed by atoms with Crippen LogP contribution in [0, 0.1) is 0 Å². The average Bonchev–Trinajstić information content (AvgIpc) is 3.50. The Morgan fingerprint density at radius 3 is 2.32 bits per heavy atom. The van der Waals surface area contributed by atoms with Gasteiger partial charge in [0.05, 0.1) is 10.5 Å². The van der Waals surface area contributed by atoms with E-state index in [9.17, 15) is 26.4 Å². The van der Waals surface area contributed by atoms with Crippen molar-refractivity contribution in [1.82, 2.24) is 9.62 Å². The second kappa shape index (κ2) is 7.56. The Balaban J connectivity index is 1.83. The Labute approximate surface area is 161 Å². The van der Waals surface area contributed by atoms with Gasteiger partial charge in [0.1, 0.15) is 0 Å². The van der Waals surface area contributed by atoms with E-state index in [1.807, 2.05) is 0 Å². The fraction of sp³-hybridized carbons (Fsp3) is 0.316. The molecule has 1 aliphatic carbocycles. The SMILES string of the molecule is CNS(=O)(=O)c1cccc(C(=O)N(Cc2ccc(C(F)(F)F)cc2)C2CC2)c1. The van der Waals surface area contributed by atoms with Crippen molar-refractivity contribution < 1.29 is 26.4 Å². The van der Waals surface area contributed by atoms with Gasteiger partial charge in [-0.25, -0.2) is 13.1 Å². The van der Waals surface area contributed by atoms with Crippen LogP contribution in [0.3, 0.4) is 0 Å². The van der Waals surface area contributed by atoms with Crippen LogP contribution in [0.4, 0.5) is 13.2 Å². The van der Waals surface area contributed by atoms with Crippen molar-refractivity contribution in [3.8, 4) is 0 Å². The molecule has 0 spiro atoms. The van der Waals surface area contributed by atoms with Gasteiger partial charge in [-0.05, 0) is 55.8 Å². The highest BCUT2D eigenvalue weighted by Gasteiger charge is 2.34. The van der Waals surface area contributed by atoms with Crippen LogP contribution in [-0.2, 0) is 22.7 Å². The molecule has 28 heavy (non-hydrogen) atoms. The third kappa shape index (κ3) is 4.53. The largest absolute Gasteiger partial charge is 0.416 e. The molecule has 0 bridgehead atoms. The highest BCUT2D eigenvalue weighted by molar-refractivity contribution is 7.89. The van der Waals surface area contributed by atoms with Crippen LogP contribution in [0.1, 0.15) is 34.3 Å². The molecule has 1 saturated carbocycles. The van der Waals surface area contributed by atoms with E-state index in [-0.39, 0.29) is 29.0 Å². The molecular weight excluding hydrogens is 393 g/mol. The molecular formula is C19H19F3N2O3S. The van der Waals surface area contributed by atoms with Gasteiger partial charge >= 0.3 is 6.18 Å². The van der Waals surface area contributed by atoms with Crippen LogP contribution >= 0.6 is 0 Å². The van der Waals surface area contributed by atoms with Crippen LogP contribution in [0.2, 0.25) is 0 Å². The van der Waals surface area contributed by atoms with E-state index >= 15 is 0 Å². The fourth-order valence-corrected chi connectivity index (χ4v) is 3.60. The Hall–Kier alpha value is -2.39. The standard InChI is InChI=1S/C19H19F3N2O3S/c1-23-28(26,27)17-4-2-3-14(11-17)18(25)24(16-9-10-16)12-13-5-7-15(8-6-13)19(20,21)22/h2-8,11,16,23H,9-10,12H2,1H3. The number of hydrogen-bond donors (Lipinski definition) is 1. The highest BCUT2D eigenvalue weighted by Crippen LogP contribution is 2.32. The first-order valence-corrected chi connectivity index (χ1v) is 10.1. The summed E-state index contributed by atoms with van der Waals surface area (Å²) in [6.07, 6.45) is -2.80. The van der Waals surface area contributed by atoms with Crippen LogP contribution in [0.15, 0.2) is 53.4 Å².